The lowest BCUT2D eigenvalue weighted by atomic mass is 10.1. The van der Waals surface area contributed by atoms with Crippen molar-refractivity contribution in [3.05, 3.63) is 71.7 Å². The largest absolute Gasteiger partial charge is 0.365 e. The van der Waals surface area contributed by atoms with Crippen molar-refractivity contribution in [1.82, 2.24) is 20.1 Å². The Balaban J connectivity index is 1.85. The van der Waals surface area contributed by atoms with Crippen LogP contribution in [0.4, 0.5) is 5.82 Å². The average Bonchev–Trinajstić information content (AvgIpc) is 3.06. The van der Waals surface area contributed by atoms with Gasteiger partial charge in [0.05, 0.1) is 16.9 Å². The molecule has 0 unspecified atom stereocenters. The molecule has 0 bridgehead atoms. The van der Waals surface area contributed by atoms with Gasteiger partial charge in [-0.2, -0.15) is 5.10 Å². The third-order valence-electron chi connectivity index (χ3n) is 3.69. The molecule has 2 heterocycles. The molecule has 0 atom stereocenters. The molecule has 2 aromatic heterocycles. The molecule has 3 aromatic rings. The first-order chi connectivity index (χ1) is 11.7. The molecule has 0 aliphatic heterocycles. The summed E-state index contributed by atoms with van der Waals surface area (Å²) < 4.78 is 1.85. The molecular weight excluding hydrogens is 302 g/mol. The van der Waals surface area contributed by atoms with Gasteiger partial charge in [-0.05, 0) is 36.8 Å². The number of nitrogens with one attached hydrogen (secondary N) is 2. The molecule has 0 fully saturated rings. The number of hydrogen-bond acceptors (Lipinski definition) is 4. The van der Waals surface area contributed by atoms with Crippen LogP contribution in [0.3, 0.4) is 0 Å². The van der Waals surface area contributed by atoms with E-state index in [1.54, 1.807) is 25.4 Å². The Morgan fingerprint density at radius 1 is 1.17 bits per heavy atom. The van der Waals surface area contributed by atoms with E-state index >= 15 is 0 Å². The van der Waals surface area contributed by atoms with E-state index in [0.29, 0.717) is 17.9 Å². The molecule has 6 nitrogen and oxygen atoms in total. The van der Waals surface area contributed by atoms with Crippen molar-refractivity contribution < 1.29 is 4.79 Å². The van der Waals surface area contributed by atoms with Crippen LogP contribution in [0.1, 0.15) is 21.6 Å². The van der Waals surface area contributed by atoms with Crippen molar-refractivity contribution in [2.45, 2.75) is 13.5 Å². The van der Waals surface area contributed by atoms with Gasteiger partial charge in [-0.3, -0.25) is 4.79 Å². The van der Waals surface area contributed by atoms with E-state index < -0.39 is 0 Å². The quantitative estimate of drug-likeness (QED) is 0.757. The van der Waals surface area contributed by atoms with Gasteiger partial charge >= 0.3 is 0 Å². The van der Waals surface area contributed by atoms with E-state index in [-0.39, 0.29) is 5.91 Å². The lowest BCUT2D eigenvalue weighted by molar-refractivity contribution is 0.0963. The van der Waals surface area contributed by atoms with E-state index in [2.05, 4.69) is 20.7 Å². The van der Waals surface area contributed by atoms with Crippen LogP contribution in [0.5, 0.6) is 0 Å². The number of amides is 1. The van der Waals surface area contributed by atoms with E-state index in [1.165, 1.54) is 0 Å². The summed E-state index contributed by atoms with van der Waals surface area (Å²) in [4.78, 5) is 16.2. The van der Waals surface area contributed by atoms with Crippen LogP contribution in [-0.2, 0) is 6.54 Å². The zero-order chi connectivity index (χ0) is 16.9. The zero-order valence-electron chi connectivity index (χ0n) is 13.7. The van der Waals surface area contributed by atoms with Gasteiger partial charge in [0, 0.05) is 26.0 Å². The molecule has 2 N–H and O–H groups in total. The first-order valence-electron chi connectivity index (χ1n) is 7.70. The van der Waals surface area contributed by atoms with Crippen molar-refractivity contribution in [1.29, 1.82) is 0 Å². The molecule has 0 spiro atoms. The minimum Gasteiger partial charge on any atom is -0.365 e. The molecule has 1 amide bonds. The lowest BCUT2D eigenvalue weighted by Gasteiger charge is -2.13. The third-order valence-corrected chi connectivity index (χ3v) is 3.69. The normalized spacial score (nSPS) is 10.4. The van der Waals surface area contributed by atoms with Gasteiger partial charge in [0.25, 0.3) is 5.91 Å². The Hall–Kier alpha value is -3.15. The van der Waals surface area contributed by atoms with Gasteiger partial charge < -0.3 is 10.6 Å². The van der Waals surface area contributed by atoms with Crippen LogP contribution in [-0.4, -0.2) is 27.7 Å². The fraction of sp³-hybridized carbons (Fsp3) is 0.167. The number of benzene rings is 1. The Labute approximate surface area is 140 Å². The summed E-state index contributed by atoms with van der Waals surface area (Å²) in [5.41, 5.74) is 3.54. The topological polar surface area (TPSA) is 71.8 Å². The van der Waals surface area contributed by atoms with Crippen LogP contribution >= 0.6 is 0 Å². The summed E-state index contributed by atoms with van der Waals surface area (Å²) in [6, 6.07) is 13.5. The number of rotatable bonds is 5. The number of hydrogen-bond donors (Lipinski definition) is 2. The van der Waals surface area contributed by atoms with E-state index in [9.17, 15) is 4.79 Å². The summed E-state index contributed by atoms with van der Waals surface area (Å²) in [5, 5.41) is 10.3. The average molecular weight is 321 g/mol. The molecule has 3 rings (SSSR count). The lowest BCUT2D eigenvalue weighted by Crippen LogP contribution is -2.20. The highest BCUT2D eigenvalue weighted by molar-refractivity contribution is 5.98. The van der Waals surface area contributed by atoms with Crippen molar-refractivity contribution in [3.63, 3.8) is 0 Å². The summed E-state index contributed by atoms with van der Waals surface area (Å²) >= 11 is 0. The molecule has 24 heavy (non-hydrogen) atoms. The number of para-hydroxylation sites is 1. The molecule has 122 valence electrons. The van der Waals surface area contributed by atoms with Crippen LogP contribution < -0.4 is 10.6 Å². The minimum atomic E-state index is -0.165. The molecular formula is C18H19N5O. The summed E-state index contributed by atoms with van der Waals surface area (Å²) in [7, 11) is 1.61. The van der Waals surface area contributed by atoms with Gasteiger partial charge in [0.2, 0.25) is 0 Å². The van der Waals surface area contributed by atoms with Gasteiger partial charge in [-0.25, -0.2) is 9.67 Å². The Morgan fingerprint density at radius 3 is 2.75 bits per heavy atom. The van der Waals surface area contributed by atoms with Crippen LogP contribution in [0.25, 0.3) is 5.69 Å². The number of carbonyl (C=O) groups is 1. The van der Waals surface area contributed by atoms with Crippen molar-refractivity contribution in [2.75, 3.05) is 12.4 Å². The predicted molar refractivity (Wildman–Crippen MR) is 93.3 cm³/mol. The molecule has 1 aromatic carbocycles. The molecule has 0 aliphatic carbocycles. The molecule has 0 radical (unpaired) electrons. The minimum absolute atomic E-state index is 0.165. The maximum absolute atomic E-state index is 11.9. The van der Waals surface area contributed by atoms with Gasteiger partial charge in [-0.1, -0.05) is 18.2 Å². The van der Waals surface area contributed by atoms with Crippen LogP contribution in [0.15, 0.2) is 54.9 Å². The van der Waals surface area contributed by atoms with E-state index in [1.807, 2.05) is 48.1 Å². The number of anilines is 1. The SMILES string of the molecule is CNC(=O)c1cccnc1NCc1ccccc1-n1ccc(C)n1. The Kier molecular flexibility index (Phi) is 4.56. The predicted octanol–water partition coefficient (Wildman–Crippen LogP) is 2.55. The van der Waals surface area contributed by atoms with Crippen LogP contribution in [0.2, 0.25) is 0 Å². The Bertz CT molecular complexity index is 856. The fourth-order valence-electron chi connectivity index (χ4n) is 2.48. The maximum atomic E-state index is 11.9. The Morgan fingerprint density at radius 2 is 2.00 bits per heavy atom. The van der Waals surface area contributed by atoms with E-state index in [0.717, 1.165) is 16.9 Å². The highest BCUT2D eigenvalue weighted by Gasteiger charge is 2.11. The van der Waals surface area contributed by atoms with E-state index in [4.69, 9.17) is 0 Å². The highest BCUT2D eigenvalue weighted by Crippen LogP contribution is 2.17. The van der Waals surface area contributed by atoms with Gasteiger partial charge in [0.15, 0.2) is 0 Å². The second kappa shape index (κ2) is 6.95. The third kappa shape index (κ3) is 3.27. The monoisotopic (exact) mass is 321 g/mol. The highest BCUT2D eigenvalue weighted by atomic mass is 16.1. The summed E-state index contributed by atoms with van der Waals surface area (Å²) in [6.45, 7) is 2.50. The number of carbonyl (C=O) groups excluding carboxylic acids is 1. The van der Waals surface area contributed by atoms with Crippen LogP contribution in [0, 0.1) is 6.92 Å². The number of pyridine rings is 1. The van der Waals surface area contributed by atoms with Crippen molar-refractivity contribution >= 4 is 11.7 Å². The van der Waals surface area contributed by atoms with Crippen molar-refractivity contribution in [2.24, 2.45) is 0 Å². The molecule has 6 heteroatoms. The second-order valence-corrected chi connectivity index (χ2v) is 5.36. The molecule has 0 aliphatic rings. The van der Waals surface area contributed by atoms with Gasteiger partial charge in [-0.15, -0.1) is 0 Å². The van der Waals surface area contributed by atoms with Crippen molar-refractivity contribution in [3.8, 4) is 5.69 Å². The zero-order valence-corrected chi connectivity index (χ0v) is 13.7. The first kappa shape index (κ1) is 15.7. The molecule has 0 saturated carbocycles. The standard InChI is InChI=1S/C18H19N5O/c1-13-9-11-23(22-13)16-8-4-3-6-14(16)12-21-17-15(18(24)19-2)7-5-10-20-17/h3-11H,12H2,1-2H3,(H,19,24)(H,20,21). The first-order valence-corrected chi connectivity index (χ1v) is 7.70. The number of aromatic nitrogens is 3. The van der Waals surface area contributed by atoms with Gasteiger partial charge in [0.1, 0.15) is 5.82 Å². The molecule has 0 saturated heterocycles. The summed E-state index contributed by atoms with van der Waals surface area (Å²) in [5.74, 6) is 0.393. The number of aryl methyl sites for hydroxylation is 1. The smallest absolute Gasteiger partial charge is 0.254 e. The second-order valence-electron chi connectivity index (χ2n) is 5.36. The summed E-state index contributed by atoms with van der Waals surface area (Å²) in [6.07, 6.45) is 3.60. The fourth-order valence-corrected chi connectivity index (χ4v) is 2.48. The number of nitrogens with zero attached hydrogens (tertiary/aromatic N) is 3. The maximum Gasteiger partial charge on any atom is 0.254 e.